The van der Waals surface area contributed by atoms with Crippen molar-refractivity contribution in [3.8, 4) is 0 Å². The summed E-state index contributed by atoms with van der Waals surface area (Å²) in [6.45, 7) is 1.87. The zero-order valence-corrected chi connectivity index (χ0v) is 9.32. The predicted molar refractivity (Wildman–Crippen MR) is 60.4 cm³/mol. The van der Waals surface area contributed by atoms with Gasteiger partial charge in [-0.3, -0.25) is 0 Å². The molecule has 2 aromatic rings. The van der Waals surface area contributed by atoms with Crippen molar-refractivity contribution in [2.24, 2.45) is 0 Å². The molecule has 1 saturated heterocycles. The van der Waals surface area contributed by atoms with Crippen LogP contribution < -0.4 is 4.90 Å². The van der Waals surface area contributed by atoms with Crippen LogP contribution in [0.15, 0.2) is 18.5 Å². The van der Waals surface area contributed by atoms with E-state index in [1.807, 2.05) is 6.07 Å². The van der Waals surface area contributed by atoms with Gasteiger partial charge in [-0.15, -0.1) is 10.2 Å². The van der Waals surface area contributed by atoms with Crippen molar-refractivity contribution < 1.29 is 0 Å². The van der Waals surface area contributed by atoms with Crippen LogP contribution in [0.4, 0.5) is 5.95 Å². The fraction of sp³-hybridized carbons (Fsp3) is 0.500. The van der Waals surface area contributed by atoms with Crippen LogP contribution in [0.2, 0.25) is 0 Å². The lowest BCUT2D eigenvalue weighted by Crippen LogP contribution is -2.34. The number of nitrogens with one attached hydrogen (secondary N) is 1. The average Bonchev–Trinajstić information content (AvgIpc) is 2.94. The van der Waals surface area contributed by atoms with E-state index < -0.39 is 0 Å². The Morgan fingerprint density at radius 3 is 2.59 bits per heavy atom. The molecule has 0 spiro atoms. The van der Waals surface area contributed by atoms with E-state index >= 15 is 0 Å². The summed E-state index contributed by atoms with van der Waals surface area (Å²) in [5.74, 6) is 2.02. The molecule has 3 rings (SSSR count). The highest BCUT2D eigenvalue weighted by Gasteiger charge is 2.24. The van der Waals surface area contributed by atoms with Gasteiger partial charge in [0.1, 0.15) is 0 Å². The summed E-state index contributed by atoms with van der Waals surface area (Å²) in [5.41, 5.74) is 0. The Morgan fingerprint density at radius 1 is 1.18 bits per heavy atom. The third-order valence-electron chi connectivity index (χ3n) is 3.06. The first kappa shape index (κ1) is 10.1. The van der Waals surface area contributed by atoms with Gasteiger partial charge in [-0.1, -0.05) is 5.21 Å². The van der Waals surface area contributed by atoms with Crippen molar-refractivity contribution in [1.82, 2.24) is 30.6 Å². The van der Waals surface area contributed by atoms with Crippen LogP contribution in [-0.2, 0) is 0 Å². The van der Waals surface area contributed by atoms with E-state index in [1.165, 1.54) is 0 Å². The van der Waals surface area contributed by atoms with Gasteiger partial charge >= 0.3 is 0 Å². The molecule has 0 bridgehead atoms. The number of hydrogen-bond acceptors (Lipinski definition) is 6. The minimum atomic E-state index is 0.397. The zero-order valence-electron chi connectivity index (χ0n) is 9.32. The van der Waals surface area contributed by atoms with E-state index in [-0.39, 0.29) is 0 Å². The number of nitrogens with zero attached hydrogens (tertiary/aromatic N) is 6. The SMILES string of the molecule is c1cnc(N2CCC(c3nn[nH]n3)CC2)nc1. The fourth-order valence-electron chi connectivity index (χ4n) is 2.13. The molecule has 0 amide bonds. The van der Waals surface area contributed by atoms with Crippen LogP contribution >= 0.6 is 0 Å². The Balaban J connectivity index is 1.65. The highest BCUT2D eigenvalue weighted by molar-refractivity contribution is 5.29. The number of H-pyrrole nitrogens is 1. The van der Waals surface area contributed by atoms with E-state index in [4.69, 9.17) is 0 Å². The molecule has 1 N–H and O–H groups in total. The molecular weight excluding hydrogens is 218 g/mol. The molecule has 0 saturated carbocycles. The standard InChI is InChI=1S/C10H13N7/c1-4-11-10(12-5-1)17-6-2-8(3-7-17)9-13-15-16-14-9/h1,4-5,8H,2-3,6-7H2,(H,13,14,15,16). The predicted octanol–water partition coefficient (Wildman–Crippen LogP) is 0.374. The number of tetrazole rings is 1. The van der Waals surface area contributed by atoms with Gasteiger partial charge in [-0.25, -0.2) is 9.97 Å². The third-order valence-corrected chi connectivity index (χ3v) is 3.06. The second-order valence-corrected chi connectivity index (χ2v) is 4.08. The molecule has 3 heterocycles. The molecule has 7 nitrogen and oxygen atoms in total. The van der Waals surface area contributed by atoms with Crippen LogP contribution in [0.1, 0.15) is 24.6 Å². The number of anilines is 1. The molecule has 17 heavy (non-hydrogen) atoms. The van der Waals surface area contributed by atoms with Gasteiger partial charge in [0, 0.05) is 31.4 Å². The first-order valence-electron chi connectivity index (χ1n) is 5.69. The molecule has 1 aliphatic rings. The number of piperidine rings is 1. The minimum absolute atomic E-state index is 0.397. The molecule has 7 heteroatoms. The Bertz CT molecular complexity index is 447. The third kappa shape index (κ3) is 2.08. The van der Waals surface area contributed by atoms with Crippen molar-refractivity contribution in [3.63, 3.8) is 0 Å². The number of aromatic nitrogens is 6. The Kier molecular flexibility index (Phi) is 2.65. The van der Waals surface area contributed by atoms with E-state index in [1.54, 1.807) is 12.4 Å². The van der Waals surface area contributed by atoms with Gasteiger partial charge in [0.15, 0.2) is 5.82 Å². The normalized spacial score (nSPS) is 17.3. The maximum atomic E-state index is 4.26. The molecule has 0 aliphatic carbocycles. The molecule has 0 radical (unpaired) electrons. The van der Waals surface area contributed by atoms with Gasteiger partial charge in [-0.05, 0) is 18.9 Å². The van der Waals surface area contributed by atoms with Crippen LogP contribution in [0.3, 0.4) is 0 Å². The summed E-state index contributed by atoms with van der Waals surface area (Å²) in [6, 6.07) is 1.83. The highest BCUT2D eigenvalue weighted by Crippen LogP contribution is 2.26. The molecule has 88 valence electrons. The smallest absolute Gasteiger partial charge is 0.225 e. The fourth-order valence-corrected chi connectivity index (χ4v) is 2.13. The second-order valence-electron chi connectivity index (χ2n) is 4.08. The lowest BCUT2D eigenvalue weighted by atomic mass is 9.96. The molecule has 1 aliphatic heterocycles. The summed E-state index contributed by atoms with van der Waals surface area (Å²) in [4.78, 5) is 10.7. The lowest BCUT2D eigenvalue weighted by Gasteiger charge is -2.30. The first-order chi connectivity index (χ1) is 8.43. The van der Waals surface area contributed by atoms with Crippen LogP contribution in [-0.4, -0.2) is 43.7 Å². The van der Waals surface area contributed by atoms with Gasteiger partial charge < -0.3 is 4.90 Å². The van der Waals surface area contributed by atoms with Gasteiger partial charge in [0.2, 0.25) is 5.95 Å². The first-order valence-corrected chi connectivity index (χ1v) is 5.69. The second kappa shape index (κ2) is 4.44. The molecule has 1 fully saturated rings. The lowest BCUT2D eigenvalue weighted by molar-refractivity contribution is 0.481. The van der Waals surface area contributed by atoms with Crippen molar-refractivity contribution in [2.45, 2.75) is 18.8 Å². The number of aromatic amines is 1. The summed E-state index contributed by atoms with van der Waals surface area (Å²) < 4.78 is 0. The average molecular weight is 231 g/mol. The quantitative estimate of drug-likeness (QED) is 0.804. The Labute approximate surface area is 98.3 Å². The summed E-state index contributed by atoms with van der Waals surface area (Å²) in [6.07, 6.45) is 5.57. The van der Waals surface area contributed by atoms with Crippen LogP contribution in [0.25, 0.3) is 0 Å². The molecule has 2 aromatic heterocycles. The van der Waals surface area contributed by atoms with Crippen LogP contribution in [0.5, 0.6) is 0 Å². The van der Waals surface area contributed by atoms with Crippen LogP contribution in [0, 0.1) is 0 Å². The Morgan fingerprint density at radius 2 is 1.94 bits per heavy atom. The van der Waals surface area contributed by atoms with Gasteiger partial charge in [0.05, 0.1) is 0 Å². The summed E-state index contributed by atoms with van der Waals surface area (Å²) in [5, 5.41) is 14.2. The van der Waals surface area contributed by atoms with E-state index in [0.29, 0.717) is 5.92 Å². The number of hydrogen-bond donors (Lipinski definition) is 1. The summed E-state index contributed by atoms with van der Waals surface area (Å²) in [7, 11) is 0. The van der Waals surface area contributed by atoms with Gasteiger partial charge in [-0.2, -0.15) is 5.21 Å². The molecular formula is C10H13N7. The highest BCUT2D eigenvalue weighted by atomic mass is 15.5. The van der Waals surface area contributed by atoms with Crippen molar-refractivity contribution in [2.75, 3.05) is 18.0 Å². The van der Waals surface area contributed by atoms with Crippen molar-refractivity contribution >= 4 is 5.95 Å². The van der Waals surface area contributed by atoms with Gasteiger partial charge in [0.25, 0.3) is 0 Å². The van der Waals surface area contributed by atoms with Crippen molar-refractivity contribution in [1.29, 1.82) is 0 Å². The van der Waals surface area contributed by atoms with E-state index in [0.717, 1.165) is 37.7 Å². The zero-order chi connectivity index (χ0) is 11.5. The van der Waals surface area contributed by atoms with E-state index in [2.05, 4.69) is 35.5 Å². The molecule has 0 unspecified atom stereocenters. The topological polar surface area (TPSA) is 83.5 Å². The maximum Gasteiger partial charge on any atom is 0.225 e. The summed E-state index contributed by atoms with van der Waals surface area (Å²) >= 11 is 0. The molecule has 0 aromatic carbocycles. The monoisotopic (exact) mass is 231 g/mol. The molecule has 0 atom stereocenters. The minimum Gasteiger partial charge on any atom is -0.341 e. The van der Waals surface area contributed by atoms with E-state index in [9.17, 15) is 0 Å². The largest absolute Gasteiger partial charge is 0.341 e. The number of rotatable bonds is 2. The maximum absolute atomic E-state index is 4.26. The van der Waals surface area contributed by atoms with Crippen molar-refractivity contribution in [3.05, 3.63) is 24.3 Å². The Hall–Kier alpha value is -2.05.